The first-order valence-corrected chi connectivity index (χ1v) is 13.2. The molecule has 2 aromatic heterocycles. The van der Waals surface area contributed by atoms with Gasteiger partial charge in [-0.1, -0.05) is 50.6 Å². The summed E-state index contributed by atoms with van der Waals surface area (Å²) in [6.07, 6.45) is -4.54. The molecule has 0 aliphatic heterocycles. The zero-order chi connectivity index (χ0) is 28.9. The Morgan fingerprint density at radius 3 is 1.78 bits per heavy atom. The highest BCUT2D eigenvalue weighted by Crippen LogP contribution is 2.42. The number of oxazole rings is 2. The first-order chi connectivity index (χ1) is 19.4. The molecule has 0 saturated carbocycles. The van der Waals surface area contributed by atoms with Gasteiger partial charge in [0.25, 0.3) is 0 Å². The molecular weight excluding hydrogens is 529 g/mol. The van der Waals surface area contributed by atoms with Crippen LogP contribution >= 0.6 is 0 Å². The van der Waals surface area contributed by atoms with E-state index in [1.54, 1.807) is 30.3 Å². The average Bonchev–Trinajstić information content (AvgIpc) is 3.54. The molecule has 0 aliphatic carbocycles. The van der Waals surface area contributed by atoms with E-state index < -0.39 is 12.1 Å². The number of ether oxygens (including phenoxy) is 1. The van der Waals surface area contributed by atoms with E-state index in [4.69, 9.17) is 13.6 Å². The van der Waals surface area contributed by atoms with E-state index in [0.29, 0.717) is 51.0 Å². The van der Waals surface area contributed by atoms with E-state index in [1.807, 2.05) is 52.0 Å². The third-order valence-corrected chi connectivity index (χ3v) is 6.82. The molecule has 0 amide bonds. The zero-order valence-electron chi connectivity index (χ0n) is 22.9. The van der Waals surface area contributed by atoms with Gasteiger partial charge in [0.2, 0.25) is 11.8 Å². The van der Waals surface area contributed by atoms with E-state index in [1.165, 1.54) is 30.3 Å². The molecule has 0 saturated heterocycles. The predicted molar refractivity (Wildman–Crippen MR) is 151 cm³/mol. The molecule has 1 atom stereocenters. The van der Waals surface area contributed by atoms with Crippen LogP contribution in [-0.2, 0) is 5.41 Å². The fourth-order valence-electron chi connectivity index (χ4n) is 4.67. The molecule has 6 aromatic rings. The van der Waals surface area contributed by atoms with Gasteiger partial charge in [-0.25, -0.2) is 9.97 Å². The van der Waals surface area contributed by atoms with Gasteiger partial charge in [-0.05, 0) is 78.7 Å². The third-order valence-electron chi connectivity index (χ3n) is 6.82. The predicted octanol–water partition coefficient (Wildman–Crippen LogP) is 9.73. The number of nitrogens with zero attached hydrogens (tertiary/aromatic N) is 2. The maximum Gasteiger partial charge on any atom is 0.399 e. The highest BCUT2D eigenvalue weighted by Gasteiger charge is 2.42. The fraction of sp³-hybridized carbons (Fsp3) is 0.212. The highest BCUT2D eigenvalue weighted by molar-refractivity contribution is 5.78. The molecule has 5 nitrogen and oxygen atoms in total. The Morgan fingerprint density at radius 1 is 0.683 bits per heavy atom. The number of aryl methyl sites for hydroxylation is 1. The molecule has 0 radical (unpaired) electrons. The monoisotopic (exact) mass is 556 g/mol. The SMILES string of the molecule is Cc1ccc(Oc2ccc(-c3nc4cc(C(c5ccc6oc(C(C)(C)C)nc6c5)C(F)(F)F)ccc4o3)cc2)cc1. The number of hydrogen-bond donors (Lipinski definition) is 0. The molecule has 0 fully saturated rings. The summed E-state index contributed by atoms with van der Waals surface area (Å²) >= 11 is 0. The minimum Gasteiger partial charge on any atom is -0.457 e. The Balaban J connectivity index is 1.30. The van der Waals surface area contributed by atoms with Gasteiger partial charge in [-0.3, -0.25) is 0 Å². The molecule has 0 N–H and O–H groups in total. The van der Waals surface area contributed by atoms with Gasteiger partial charge in [0.05, 0.1) is 0 Å². The number of hydrogen-bond acceptors (Lipinski definition) is 5. The molecule has 2 heterocycles. The summed E-state index contributed by atoms with van der Waals surface area (Å²) in [5.41, 5.74) is 3.16. The molecule has 1 unspecified atom stereocenters. The maximum atomic E-state index is 14.5. The Labute approximate surface area is 234 Å². The summed E-state index contributed by atoms with van der Waals surface area (Å²) < 4.78 is 61.0. The first-order valence-electron chi connectivity index (χ1n) is 13.2. The summed E-state index contributed by atoms with van der Waals surface area (Å²) in [6, 6.07) is 23.7. The van der Waals surface area contributed by atoms with Crippen molar-refractivity contribution in [3.63, 3.8) is 0 Å². The molecule has 0 spiro atoms. The number of aromatic nitrogens is 2. The second-order valence-electron chi connectivity index (χ2n) is 11.2. The van der Waals surface area contributed by atoms with Crippen molar-refractivity contribution in [1.82, 2.24) is 9.97 Å². The summed E-state index contributed by atoms with van der Waals surface area (Å²) in [5.74, 6) is 0.266. The summed E-state index contributed by atoms with van der Waals surface area (Å²) in [5, 5.41) is 0. The Morgan fingerprint density at radius 2 is 1.22 bits per heavy atom. The number of halogens is 3. The van der Waals surface area contributed by atoms with Gasteiger partial charge >= 0.3 is 6.18 Å². The number of rotatable bonds is 5. The lowest BCUT2D eigenvalue weighted by Gasteiger charge is -2.21. The van der Waals surface area contributed by atoms with Crippen molar-refractivity contribution < 1.29 is 26.7 Å². The fourth-order valence-corrected chi connectivity index (χ4v) is 4.67. The van der Waals surface area contributed by atoms with Crippen molar-refractivity contribution in [2.45, 2.75) is 45.2 Å². The second kappa shape index (κ2) is 9.80. The lowest BCUT2D eigenvalue weighted by atomic mass is 9.90. The summed E-state index contributed by atoms with van der Waals surface area (Å²) in [6.45, 7) is 7.81. The van der Waals surface area contributed by atoms with Crippen LogP contribution in [0.1, 0.15) is 49.3 Å². The van der Waals surface area contributed by atoms with E-state index in [9.17, 15) is 13.2 Å². The number of fused-ring (bicyclic) bond motifs is 2. The minimum absolute atomic E-state index is 0.0607. The maximum absolute atomic E-state index is 14.5. The largest absolute Gasteiger partial charge is 0.457 e. The Hall–Kier alpha value is -4.59. The standard InChI is InChI=1S/C33H27F3N2O3/c1-19-5-11-23(12-6-19)39-24-13-7-20(8-14-24)30-37-25-17-21(9-15-27(25)40-30)29(33(34,35)36)22-10-16-28-26(18-22)38-31(41-28)32(2,3)4/h5-18,29H,1-4H3. The molecule has 8 heteroatoms. The van der Waals surface area contributed by atoms with Gasteiger partial charge in [0.1, 0.15) is 28.5 Å². The van der Waals surface area contributed by atoms with Crippen molar-refractivity contribution in [3.8, 4) is 23.0 Å². The van der Waals surface area contributed by atoms with Crippen LogP contribution in [0.4, 0.5) is 13.2 Å². The first kappa shape index (κ1) is 26.6. The molecule has 6 rings (SSSR count). The van der Waals surface area contributed by atoms with Crippen molar-refractivity contribution in [1.29, 1.82) is 0 Å². The van der Waals surface area contributed by atoms with E-state index in [-0.39, 0.29) is 16.5 Å². The minimum atomic E-state index is -4.54. The average molecular weight is 557 g/mol. The zero-order valence-corrected chi connectivity index (χ0v) is 22.9. The highest BCUT2D eigenvalue weighted by atomic mass is 19.4. The van der Waals surface area contributed by atoms with Crippen molar-refractivity contribution >= 4 is 22.2 Å². The Bertz CT molecular complexity index is 1840. The van der Waals surface area contributed by atoms with Crippen LogP contribution in [0, 0.1) is 6.92 Å². The second-order valence-corrected chi connectivity index (χ2v) is 11.2. The number of benzene rings is 4. The van der Waals surface area contributed by atoms with E-state index >= 15 is 0 Å². The third kappa shape index (κ3) is 5.42. The van der Waals surface area contributed by atoms with Gasteiger partial charge in [-0.2, -0.15) is 13.2 Å². The van der Waals surface area contributed by atoms with Crippen LogP contribution in [0.2, 0.25) is 0 Å². The molecule has 0 aliphatic rings. The van der Waals surface area contributed by atoms with Crippen molar-refractivity contribution in [3.05, 3.63) is 108 Å². The Kier molecular flexibility index (Phi) is 6.36. The summed E-state index contributed by atoms with van der Waals surface area (Å²) in [7, 11) is 0. The molecule has 4 aromatic carbocycles. The molecule has 41 heavy (non-hydrogen) atoms. The van der Waals surface area contributed by atoms with Crippen LogP contribution < -0.4 is 4.74 Å². The lowest BCUT2D eigenvalue weighted by Crippen LogP contribution is -2.22. The van der Waals surface area contributed by atoms with E-state index in [2.05, 4.69) is 9.97 Å². The van der Waals surface area contributed by atoms with Gasteiger partial charge in [0.15, 0.2) is 11.2 Å². The number of alkyl halides is 3. The van der Waals surface area contributed by atoms with Crippen LogP contribution in [0.3, 0.4) is 0 Å². The van der Waals surface area contributed by atoms with Crippen LogP contribution in [0.25, 0.3) is 33.7 Å². The van der Waals surface area contributed by atoms with Crippen LogP contribution in [0.5, 0.6) is 11.5 Å². The van der Waals surface area contributed by atoms with Crippen molar-refractivity contribution in [2.24, 2.45) is 0 Å². The normalized spacial score (nSPS) is 13.1. The van der Waals surface area contributed by atoms with Gasteiger partial charge < -0.3 is 13.6 Å². The quantitative estimate of drug-likeness (QED) is 0.212. The van der Waals surface area contributed by atoms with Crippen LogP contribution in [0.15, 0.2) is 93.8 Å². The van der Waals surface area contributed by atoms with Gasteiger partial charge in [-0.15, -0.1) is 0 Å². The van der Waals surface area contributed by atoms with E-state index in [0.717, 1.165) is 5.56 Å². The van der Waals surface area contributed by atoms with Crippen molar-refractivity contribution in [2.75, 3.05) is 0 Å². The summed E-state index contributed by atoms with van der Waals surface area (Å²) in [4.78, 5) is 8.96. The molecule has 208 valence electrons. The lowest BCUT2D eigenvalue weighted by molar-refractivity contribution is -0.141. The molecule has 0 bridgehead atoms. The van der Waals surface area contributed by atoms with Crippen LogP contribution in [-0.4, -0.2) is 16.1 Å². The van der Waals surface area contributed by atoms with Gasteiger partial charge in [0, 0.05) is 11.0 Å². The topological polar surface area (TPSA) is 61.3 Å². The smallest absolute Gasteiger partial charge is 0.399 e. The molecular formula is C33H27F3N2O3.